The van der Waals surface area contributed by atoms with Gasteiger partial charge in [-0.25, -0.2) is 0 Å². The Kier molecular flexibility index (Phi) is 10.1. The van der Waals surface area contributed by atoms with Crippen LogP contribution in [0.15, 0.2) is 97.1 Å². The van der Waals surface area contributed by atoms with Crippen molar-refractivity contribution >= 4 is 61.3 Å². The summed E-state index contributed by atoms with van der Waals surface area (Å²) >= 11 is 0. The van der Waals surface area contributed by atoms with Gasteiger partial charge >= 0.3 is 0 Å². The molecule has 222 valence electrons. The number of rotatable bonds is 2. The Morgan fingerprint density at radius 2 is 0.705 bits per heavy atom. The quantitative estimate of drug-likeness (QED) is 0.0959. The van der Waals surface area contributed by atoms with Gasteiger partial charge in [0.05, 0.1) is 0 Å². The monoisotopic (exact) mass is 579 g/mol. The van der Waals surface area contributed by atoms with Gasteiger partial charge in [0.15, 0.2) is 12.6 Å². The highest BCUT2D eigenvalue weighted by Gasteiger charge is 2.17. The largest absolute Gasteiger partial charge is 0.399 e. The van der Waals surface area contributed by atoms with Crippen LogP contribution >= 0.6 is 0 Å². The van der Waals surface area contributed by atoms with Crippen LogP contribution in [0.2, 0.25) is 0 Å². The van der Waals surface area contributed by atoms with Crippen LogP contribution < -0.4 is 5.73 Å². The molecular formula is C41H41NO2. The Labute approximate surface area is 260 Å². The molecule has 0 aliphatic carbocycles. The molecule has 0 bridgehead atoms. The maximum absolute atomic E-state index is 11.6. The molecule has 0 fully saturated rings. The third kappa shape index (κ3) is 6.33. The molecule has 3 nitrogen and oxygen atoms in total. The van der Waals surface area contributed by atoms with Gasteiger partial charge in [0.2, 0.25) is 0 Å². The van der Waals surface area contributed by atoms with Crippen molar-refractivity contribution in [3.63, 3.8) is 0 Å². The zero-order valence-electron chi connectivity index (χ0n) is 26.8. The standard InChI is InChI=1S/C24H16O2.C8H10.C7H9N.C2H6/c1-13-3-7-17-20-10-6-16(12-26)22-14(2)4-8-18(24(20)22)19-9-5-15(11-25)21(13)23(17)19;1-7-3-5-8(2)6-4-7;1-6-2-4-7(8)5-3-6;1-2/h3-12H,1-2H3;3-6H,1-2H3;2-5H,8H2,1H3;1-2H3. The highest BCUT2D eigenvalue weighted by Crippen LogP contribution is 2.43. The van der Waals surface area contributed by atoms with Crippen molar-refractivity contribution in [2.45, 2.75) is 48.5 Å². The summed E-state index contributed by atoms with van der Waals surface area (Å²) in [4.78, 5) is 23.3. The van der Waals surface area contributed by atoms with E-state index in [-0.39, 0.29) is 0 Å². The molecule has 0 spiro atoms. The van der Waals surface area contributed by atoms with E-state index in [0.29, 0.717) is 0 Å². The summed E-state index contributed by atoms with van der Waals surface area (Å²) in [6, 6.07) is 32.6. The molecule has 0 aliphatic rings. The van der Waals surface area contributed by atoms with E-state index in [9.17, 15) is 9.59 Å². The summed E-state index contributed by atoms with van der Waals surface area (Å²) in [5.41, 5.74) is 13.8. The van der Waals surface area contributed by atoms with E-state index >= 15 is 0 Å². The van der Waals surface area contributed by atoms with Crippen molar-refractivity contribution in [2.75, 3.05) is 5.73 Å². The second-order valence-electron chi connectivity index (χ2n) is 11.1. The lowest BCUT2D eigenvalue weighted by molar-refractivity contribution is 0.111. The van der Waals surface area contributed by atoms with Crippen LogP contribution in [0.25, 0.3) is 43.1 Å². The second kappa shape index (κ2) is 14.0. The molecule has 7 aromatic carbocycles. The van der Waals surface area contributed by atoms with Gasteiger partial charge in [0, 0.05) is 16.8 Å². The fraction of sp³-hybridized carbons (Fsp3) is 0.171. The third-order valence-corrected chi connectivity index (χ3v) is 7.93. The van der Waals surface area contributed by atoms with Crippen LogP contribution in [-0.2, 0) is 0 Å². The van der Waals surface area contributed by atoms with Gasteiger partial charge in [0.1, 0.15) is 0 Å². The first-order valence-corrected chi connectivity index (χ1v) is 15.1. The molecule has 0 heterocycles. The Morgan fingerprint density at radius 3 is 1.00 bits per heavy atom. The molecule has 0 aliphatic heterocycles. The van der Waals surface area contributed by atoms with Gasteiger partial charge in [0.25, 0.3) is 0 Å². The number of nitrogens with two attached hydrogens (primary N) is 1. The summed E-state index contributed by atoms with van der Waals surface area (Å²) in [6.45, 7) is 14.3. The molecule has 0 amide bonds. The first kappa shape index (κ1) is 31.9. The van der Waals surface area contributed by atoms with Gasteiger partial charge in [-0.2, -0.15) is 0 Å². The Bertz CT molecular complexity index is 1840. The molecule has 0 radical (unpaired) electrons. The normalized spacial score (nSPS) is 10.4. The van der Waals surface area contributed by atoms with E-state index in [1.165, 1.54) is 16.7 Å². The molecule has 44 heavy (non-hydrogen) atoms. The number of fused-ring (bicyclic) bond motifs is 2. The third-order valence-electron chi connectivity index (χ3n) is 7.93. The van der Waals surface area contributed by atoms with Crippen LogP contribution in [-0.4, -0.2) is 12.6 Å². The van der Waals surface area contributed by atoms with E-state index in [1.54, 1.807) is 0 Å². The average Bonchev–Trinajstić information content (AvgIpc) is 3.05. The van der Waals surface area contributed by atoms with Crippen LogP contribution in [0.3, 0.4) is 0 Å². The van der Waals surface area contributed by atoms with E-state index in [2.05, 4.69) is 62.4 Å². The van der Waals surface area contributed by atoms with Gasteiger partial charge in [-0.05, 0) is 101 Å². The minimum atomic E-state index is 0.722. The Hall–Kier alpha value is -5.02. The Balaban J connectivity index is 0.000000201. The lowest BCUT2D eigenvalue weighted by Gasteiger charge is -2.18. The van der Waals surface area contributed by atoms with Crippen LogP contribution in [0.4, 0.5) is 5.69 Å². The van der Waals surface area contributed by atoms with E-state index in [4.69, 9.17) is 5.73 Å². The number of hydrogen-bond donors (Lipinski definition) is 1. The van der Waals surface area contributed by atoms with Gasteiger partial charge in [-0.15, -0.1) is 0 Å². The number of hydrogen-bond acceptors (Lipinski definition) is 3. The van der Waals surface area contributed by atoms with Gasteiger partial charge in [-0.1, -0.05) is 115 Å². The van der Waals surface area contributed by atoms with Gasteiger partial charge < -0.3 is 5.73 Å². The van der Waals surface area contributed by atoms with Crippen LogP contribution in [0, 0.1) is 34.6 Å². The highest BCUT2D eigenvalue weighted by atomic mass is 16.1. The zero-order chi connectivity index (χ0) is 32.0. The lowest BCUT2D eigenvalue weighted by atomic mass is 9.85. The zero-order valence-corrected chi connectivity index (χ0v) is 26.8. The first-order chi connectivity index (χ1) is 21.2. The average molecular weight is 580 g/mol. The van der Waals surface area contributed by atoms with Crippen molar-refractivity contribution in [2.24, 2.45) is 0 Å². The number of aldehydes is 2. The van der Waals surface area contributed by atoms with Crippen molar-refractivity contribution in [1.29, 1.82) is 0 Å². The molecule has 0 unspecified atom stereocenters. The van der Waals surface area contributed by atoms with E-state index in [0.717, 1.165) is 83.6 Å². The van der Waals surface area contributed by atoms with Crippen molar-refractivity contribution in [3.8, 4) is 0 Å². The number of anilines is 1. The van der Waals surface area contributed by atoms with Crippen LogP contribution in [0.1, 0.15) is 62.4 Å². The minimum Gasteiger partial charge on any atom is -0.399 e. The number of carbonyl (C=O) groups is 2. The maximum atomic E-state index is 11.6. The fourth-order valence-corrected chi connectivity index (χ4v) is 5.69. The molecule has 0 aromatic heterocycles. The summed E-state index contributed by atoms with van der Waals surface area (Å²) in [6.07, 6.45) is 1.87. The highest BCUT2D eigenvalue weighted by molar-refractivity contribution is 6.35. The predicted molar refractivity (Wildman–Crippen MR) is 191 cm³/mol. The predicted octanol–water partition coefficient (Wildman–Crippen LogP) is 10.9. The molecule has 3 heteroatoms. The molecule has 0 atom stereocenters. The molecule has 7 rings (SSSR count). The van der Waals surface area contributed by atoms with Crippen molar-refractivity contribution in [1.82, 2.24) is 0 Å². The summed E-state index contributed by atoms with van der Waals surface area (Å²) in [7, 11) is 0. The number of benzene rings is 7. The minimum absolute atomic E-state index is 0.722. The maximum Gasteiger partial charge on any atom is 0.150 e. The smallest absolute Gasteiger partial charge is 0.150 e. The molecular weight excluding hydrogens is 538 g/mol. The first-order valence-electron chi connectivity index (χ1n) is 15.1. The SMILES string of the molecule is CC.Cc1ccc(C)cc1.Cc1ccc(N)cc1.Cc1ccc2c3ccc(C=O)c4c(C)ccc(c5ccc(C=O)c1c25)c43. The topological polar surface area (TPSA) is 60.2 Å². The molecule has 7 aromatic rings. The number of carbonyl (C=O) groups excluding carboxylic acids is 2. The van der Waals surface area contributed by atoms with Gasteiger partial charge in [-0.3, -0.25) is 9.59 Å². The fourth-order valence-electron chi connectivity index (χ4n) is 5.69. The molecule has 0 saturated carbocycles. The van der Waals surface area contributed by atoms with Crippen molar-refractivity contribution < 1.29 is 9.59 Å². The number of nitrogen functional groups attached to an aromatic ring is 1. The van der Waals surface area contributed by atoms with Crippen LogP contribution in [0.5, 0.6) is 0 Å². The Morgan fingerprint density at radius 1 is 0.409 bits per heavy atom. The van der Waals surface area contributed by atoms with E-state index < -0.39 is 0 Å². The second-order valence-corrected chi connectivity index (χ2v) is 11.1. The summed E-state index contributed by atoms with van der Waals surface area (Å²) in [5.74, 6) is 0. The lowest BCUT2D eigenvalue weighted by Crippen LogP contribution is -1.95. The summed E-state index contributed by atoms with van der Waals surface area (Å²) < 4.78 is 0. The molecule has 0 saturated heterocycles. The number of aryl methyl sites for hydroxylation is 5. The van der Waals surface area contributed by atoms with Crippen molar-refractivity contribution in [3.05, 3.63) is 136 Å². The van der Waals surface area contributed by atoms with E-state index in [1.807, 2.05) is 83.1 Å². The molecule has 2 N–H and O–H groups in total. The summed E-state index contributed by atoms with van der Waals surface area (Å²) in [5, 5.41) is 8.82.